The molecule has 1 saturated carbocycles. The van der Waals surface area contributed by atoms with Crippen molar-refractivity contribution in [3.8, 4) is 0 Å². The molecule has 1 fully saturated rings. The average Bonchev–Trinajstić information content (AvgIpc) is 2.95. The maximum Gasteiger partial charge on any atom is 0.134 e. The Morgan fingerprint density at radius 2 is 2.16 bits per heavy atom. The fraction of sp³-hybridized carbons (Fsp3) is 0.500. The van der Waals surface area contributed by atoms with E-state index in [0.29, 0.717) is 6.04 Å². The molecule has 3 heteroatoms. The van der Waals surface area contributed by atoms with Crippen LogP contribution in [0.3, 0.4) is 0 Å². The predicted molar refractivity (Wildman–Crippen MR) is 82.3 cm³/mol. The van der Waals surface area contributed by atoms with Crippen LogP contribution in [0.5, 0.6) is 0 Å². The fourth-order valence-electron chi connectivity index (χ4n) is 3.04. The van der Waals surface area contributed by atoms with Gasteiger partial charge in [0.15, 0.2) is 0 Å². The van der Waals surface area contributed by atoms with Gasteiger partial charge < -0.3 is 9.73 Å². The summed E-state index contributed by atoms with van der Waals surface area (Å²) in [6, 6.07) is 9.22. The van der Waals surface area contributed by atoms with Crippen molar-refractivity contribution in [2.24, 2.45) is 5.92 Å². The maximum absolute atomic E-state index is 5.94. The summed E-state index contributed by atoms with van der Waals surface area (Å²) in [6.07, 6.45) is 3.92. The molecule has 1 N–H and O–H groups in total. The zero-order valence-corrected chi connectivity index (χ0v) is 13.0. The molecular weight excluding hydrogens is 302 g/mol. The molecule has 102 valence electrons. The topological polar surface area (TPSA) is 25.2 Å². The average molecular weight is 322 g/mol. The van der Waals surface area contributed by atoms with Crippen molar-refractivity contribution in [1.82, 2.24) is 5.32 Å². The summed E-state index contributed by atoms with van der Waals surface area (Å²) >= 11 is 3.50. The minimum absolute atomic E-state index is 0.279. The second kappa shape index (κ2) is 5.29. The van der Waals surface area contributed by atoms with Crippen LogP contribution < -0.4 is 5.32 Å². The molecule has 2 nitrogen and oxygen atoms in total. The Morgan fingerprint density at radius 3 is 2.89 bits per heavy atom. The highest BCUT2D eigenvalue weighted by Gasteiger charge is 2.23. The number of halogens is 1. The van der Waals surface area contributed by atoms with Gasteiger partial charge in [0.2, 0.25) is 0 Å². The number of furan rings is 1. The summed E-state index contributed by atoms with van der Waals surface area (Å²) in [7, 11) is 0. The van der Waals surface area contributed by atoms with E-state index in [1.165, 1.54) is 19.3 Å². The first kappa shape index (κ1) is 13.2. The van der Waals surface area contributed by atoms with Gasteiger partial charge in [0.05, 0.1) is 6.04 Å². The van der Waals surface area contributed by atoms with Crippen LogP contribution in [0.25, 0.3) is 11.0 Å². The van der Waals surface area contributed by atoms with E-state index in [0.717, 1.165) is 27.1 Å². The molecule has 0 saturated heterocycles. The minimum Gasteiger partial charge on any atom is -0.459 e. The Kier molecular flexibility index (Phi) is 3.68. The molecule has 19 heavy (non-hydrogen) atoms. The van der Waals surface area contributed by atoms with E-state index < -0.39 is 0 Å². The van der Waals surface area contributed by atoms with Crippen LogP contribution in [-0.2, 0) is 0 Å². The van der Waals surface area contributed by atoms with E-state index in [1.54, 1.807) is 0 Å². The molecule has 0 aliphatic heterocycles. The summed E-state index contributed by atoms with van der Waals surface area (Å²) in [4.78, 5) is 0. The molecule has 3 unspecified atom stereocenters. The van der Waals surface area contributed by atoms with Crippen molar-refractivity contribution >= 4 is 26.9 Å². The van der Waals surface area contributed by atoms with Crippen LogP contribution in [-0.4, -0.2) is 6.04 Å². The van der Waals surface area contributed by atoms with Crippen molar-refractivity contribution in [2.75, 3.05) is 0 Å². The third-order valence-corrected chi connectivity index (χ3v) is 4.60. The van der Waals surface area contributed by atoms with E-state index >= 15 is 0 Å². The summed E-state index contributed by atoms with van der Waals surface area (Å²) in [6.45, 7) is 4.53. The molecule has 3 atom stereocenters. The van der Waals surface area contributed by atoms with Crippen LogP contribution in [0.2, 0.25) is 0 Å². The van der Waals surface area contributed by atoms with E-state index in [9.17, 15) is 0 Å². The number of benzene rings is 1. The van der Waals surface area contributed by atoms with Gasteiger partial charge in [-0.2, -0.15) is 0 Å². The van der Waals surface area contributed by atoms with Gasteiger partial charge >= 0.3 is 0 Å². The SMILES string of the molecule is CC1CCC(NC(C)c2cc3cc(Br)ccc3o2)C1. The van der Waals surface area contributed by atoms with Gasteiger partial charge in [-0.05, 0) is 56.4 Å². The molecule has 0 radical (unpaired) electrons. The Hall–Kier alpha value is -0.800. The van der Waals surface area contributed by atoms with Gasteiger partial charge in [0, 0.05) is 15.9 Å². The van der Waals surface area contributed by atoms with Gasteiger partial charge in [-0.25, -0.2) is 0 Å². The molecule has 1 aliphatic carbocycles. The van der Waals surface area contributed by atoms with E-state index in [2.05, 4.69) is 47.2 Å². The summed E-state index contributed by atoms with van der Waals surface area (Å²) in [5.41, 5.74) is 0.964. The summed E-state index contributed by atoms with van der Waals surface area (Å²) < 4.78 is 7.03. The zero-order valence-electron chi connectivity index (χ0n) is 11.4. The lowest BCUT2D eigenvalue weighted by molar-refractivity contribution is 0.396. The number of hydrogen-bond acceptors (Lipinski definition) is 2. The third kappa shape index (κ3) is 2.87. The van der Waals surface area contributed by atoms with Crippen molar-refractivity contribution < 1.29 is 4.42 Å². The number of nitrogens with one attached hydrogen (secondary N) is 1. The highest BCUT2D eigenvalue weighted by Crippen LogP contribution is 2.29. The van der Waals surface area contributed by atoms with Gasteiger partial charge in [0.25, 0.3) is 0 Å². The smallest absolute Gasteiger partial charge is 0.134 e. The number of hydrogen-bond donors (Lipinski definition) is 1. The van der Waals surface area contributed by atoms with Crippen LogP contribution in [0.15, 0.2) is 33.2 Å². The number of rotatable bonds is 3. The highest BCUT2D eigenvalue weighted by molar-refractivity contribution is 9.10. The largest absolute Gasteiger partial charge is 0.459 e. The van der Waals surface area contributed by atoms with E-state index in [-0.39, 0.29) is 6.04 Å². The van der Waals surface area contributed by atoms with Crippen LogP contribution in [0, 0.1) is 5.92 Å². The molecule has 1 aromatic heterocycles. The maximum atomic E-state index is 5.94. The van der Waals surface area contributed by atoms with E-state index in [4.69, 9.17) is 4.42 Å². The van der Waals surface area contributed by atoms with Gasteiger partial charge in [-0.1, -0.05) is 22.9 Å². The van der Waals surface area contributed by atoms with Gasteiger partial charge in [0.1, 0.15) is 11.3 Å². The Morgan fingerprint density at radius 1 is 1.32 bits per heavy atom. The first-order chi connectivity index (χ1) is 9.11. The second-order valence-corrected chi connectivity index (χ2v) is 6.75. The molecule has 0 amide bonds. The summed E-state index contributed by atoms with van der Waals surface area (Å²) in [5.74, 6) is 1.89. The highest BCUT2D eigenvalue weighted by atomic mass is 79.9. The third-order valence-electron chi connectivity index (χ3n) is 4.10. The molecule has 2 aromatic rings. The van der Waals surface area contributed by atoms with Crippen molar-refractivity contribution in [1.29, 1.82) is 0 Å². The van der Waals surface area contributed by atoms with Crippen molar-refractivity contribution in [3.63, 3.8) is 0 Å². The van der Waals surface area contributed by atoms with Crippen molar-refractivity contribution in [3.05, 3.63) is 34.5 Å². The Balaban J connectivity index is 1.75. The molecule has 3 rings (SSSR count). The molecule has 1 aliphatic rings. The standard InChI is InChI=1S/C16H20BrNO/c1-10-3-5-14(7-10)18-11(2)16-9-12-8-13(17)4-6-15(12)19-16/h4,6,8-11,14,18H,3,5,7H2,1-2H3. The summed E-state index contributed by atoms with van der Waals surface area (Å²) in [5, 5.41) is 4.86. The van der Waals surface area contributed by atoms with E-state index in [1.807, 2.05) is 12.1 Å². The Labute approximate surface area is 122 Å². The monoisotopic (exact) mass is 321 g/mol. The normalized spacial score (nSPS) is 25.0. The van der Waals surface area contributed by atoms with Gasteiger partial charge in [-0.3, -0.25) is 0 Å². The lowest BCUT2D eigenvalue weighted by Gasteiger charge is -2.17. The minimum atomic E-state index is 0.279. The molecular formula is C16H20BrNO. The predicted octanol–water partition coefficient (Wildman–Crippen LogP) is 5.03. The quantitative estimate of drug-likeness (QED) is 0.857. The number of fused-ring (bicyclic) bond motifs is 1. The zero-order chi connectivity index (χ0) is 13.4. The lowest BCUT2D eigenvalue weighted by atomic mass is 10.1. The first-order valence-corrected chi connectivity index (χ1v) is 7.86. The van der Waals surface area contributed by atoms with Crippen LogP contribution in [0.1, 0.15) is 44.9 Å². The van der Waals surface area contributed by atoms with Crippen LogP contribution in [0.4, 0.5) is 0 Å². The molecule has 0 spiro atoms. The lowest BCUT2D eigenvalue weighted by Crippen LogP contribution is -2.29. The molecule has 1 aromatic carbocycles. The van der Waals surface area contributed by atoms with Crippen molar-refractivity contribution in [2.45, 2.75) is 45.2 Å². The first-order valence-electron chi connectivity index (χ1n) is 7.07. The fourth-order valence-corrected chi connectivity index (χ4v) is 3.42. The molecule has 1 heterocycles. The van der Waals surface area contributed by atoms with Gasteiger partial charge in [-0.15, -0.1) is 0 Å². The Bertz CT molecular complexity index is 577. The van der Waals surface area contributed by atoms with Crippen LogP contribution >= 0.6 is 15.9 Å². The second-order valence-electron chi connectivity index (χ2n) is 5.83. The molecule has 0 bridgehead atoms.